The molecule has 0 unspecified atom stereocenters. The van der Waals surface area contributed by atoms with Gasteiger partial charge in [-0.05, 0) is 31.4 Å². The third-order valence-corrected chi connectivity index (χ3v) is 2.85. The number of para-hydroxylation sites is 1. The first kappa shape index (κ1) is 14.0. The van der Waals surface area contributed by atoms with E-state index in [4.69, 9.17) is 5.73 Å². The van der Waals surface area contributed by atoms with E-state index in [0.717, 1.165) is 12.1 Å². The van der Waals surface area contributed by atoms with E-state index in [2.05, 4.69) is 32.6 Å². The molecule has 0 fully saturated rings. The van der Waals surface area contributed by atoms with Crippen LogP contribution in [-0.2, 0) is 6.54 Å². The third-order valence-electron chi connectivity index (χ3n) is 2.85. The normalized spacial score (nSPS) is 11.8. The van der Waals surface area contributed by atoms with Crippen LogP contribution < -0.4 is 5.73 Å². The summed E-state index contributed by atoms with van der Waals surface area (Å²) in [7, 11) is 0. The molecule has 0 radical (unpaired) electrons. The zero-order chi connectivity index (χ0) is 13.0. The van der Waals surface area contributed by atoms with Crippen LogP contribution in [0.15, 0.2) is 18.2 Å². The summed E-state index contributed by atoms with van der Waals surface area (Å²) in [4.78, 5) is 2.32. The highest BCUT2D eigenvalue weighted by Crippen LogP contribution is 2.19. The van der Waals surface area contributed by atoms with Crippen molar-refractivity contribution in [1.29, 1.82) is 0 Å². The van der Waals surface area contributed by atoms with Crippen molar-refractivity contribution in [3.63, 3.8) is 0 Å². The molecule has 0 aliphatic heterocycles. The van der Waals surface area contributed by atoms with E-state index in [1.165, 1.54) is 6.07 Å². The average Bonchev–Trinajstić information content (AvgIpc) is 2.22. The van der Waals surface area contributed by atoms with E-state index in [1.54, 1.807) is 6.07 Å². The van der Waals surface area contributed by atoms with Gasteiger partial charge in [0.1, 0.15) is 5.82 Å². The van der Waals surface area contributed by atoms with E-state index in [0.29, 0.717) is 18.5 Å². The Bertz CT molecular complexity index is 361. The maximum Gasteiger partial charge on any atom is 0.146 e. The highest BCUT2D eigenvalue weighted by molar-refractivity contribution is 5.47. The molecule has 0 saturated heterocycles. The summed E-state index contributed by atoms with van der Waals surface area (Å²) < 4.78 is 13.3. The highest BCUT2D eigenvalue weighted by atomic mass is 19.1. The van der Waals surface area contributed by atoms with E-state index in [1.807, 2.05) is 6.07 Å². The van der Waals surface area contributed by atoms with E-state index in [-0.39, 0.29) is 11.5 Å². The summed E-state index contributed by atoms with van der Waals surface area (Å²) in [6, 6.07) is 5.45. The Kier molecular flexibility index (Phi) is 4.94. The maximum absolute atomic E-state index is 13.3. The van der Waals surface area contributed by atoms with E-state index in [9.17, 15) is 4.39 Å². The van der Waals surface area contributed by atoms with Crippen molar-refractivity contribution in [3.8, 4) is 0 Å². The Morgan fingerprint density at radius 1 is 1.24 bits per heavy atom. The lowest BCUT2D eigenvalue weighted by atomic mass is 10.1. The molecule has 96 valence electrons. The smallest absolute Gasteiger partial charge is 0.146 e. The van der Waals surface area contributed by atoms with Gasteiger partial charge < -0.3 is 5.73 Å². The zero-order valence-electron chi connectivity index (χ0n) is 11.2. The molecule has 0 aliphatic rings. The van der Waals surface area contributed by atoms with Crippen LogP contribution in [0.1, 0.15) is 33.3 Å². The summed E-state index contributed by atoms with van der Waals surface area (Å²) in [5.41, 5.74) is 6.91. The minimum absolute atomic E-state index is 0.280. The first-order valence-corrected chi connectivity index (χ1v) is 6.18. The van der Waals surface area contributed by atoms with Gasteiger partial charge in [-0.2, -0.15) is 0 Å². The number of hydrogen-bond donors (Lipinski definition) is 1. The Morgan fingerprint density at radius 2 is 1.88 bits per heavy atom. The summed E-state index contributed by atoms with van der Waals surface area (Å²) in [6.45, 7) is 10.4. The fourth-order valence-electron chi connectivity index (χ4n) is 1.87. The predicted octanol–water partition coefficient (Wildman–Crippen LogP) is 3.27. The Morgan fingerprint density at radius 3 is 2.41 bits per heavy atom. The van der Waals surface area contributed by atoms with Crippen LogP contribution in [0.3, 0.4) is 0 Å². The van der Waals surface area contributed by atoms with Gasteiger partial charge >= 0.3 is 0 Å². The second-order valence-electron chi connectivity index (χ2n) is 5.23. The quantitative estimate of drug-likeness (QED) is 0.798. The molecule has 0 spiro atoms. The number of nitrogen functional groups attached to an aromatic ring is 1. The molecule has 0 saturated carbocycles. The SMILES string of the molecule is CC(C)CN(Cc1cccc(F)c1N)C(C)C. The standard InChI is InChI=1S/C14H23FN2/c1-10(2)8-17(11(3)4)9-12-6-5-7-13(15)14(12)16/h5-7,10-11H,8-9,16H2,1-4H3. The van der Waals surface area contributed by atoms with E-state index >= 15 is 0 Å². The van der Waals surface area contributed by atoms with Gasteiger partial charge in [0.25, 0.3) is 0 Å². The van der Waals surface area contributed by atoms with Crippen molar-refractivity contribution < 1.29 is 4.39 Å². The Labute approximate surface area is 104 Å². The molecule has 17 heavy (non-hydrogen) atoms. The summed E-state index contributed by atoms with van der Waals surface area (Å²) in [6.07, 6.45) is 0. The summed E-state index contributed by atoms with van der Waals surface area (Å²) in [5.74, 6) is 0.267. The molecule has 0 aliphatic carbocycles. The van der Waals surface area contributed by atoms with Crippen LogP contribution in [0.2, 0.25) is 0 Å². The second-order valence-corrected chi connectivity index (χ2v) is 5.23. The zero-order valence-corrected chi connectivity index (χ0v) is 11.2. The van der Waals surface area contributed by atoms with Gasteiger partial charge in [0.15, 0.2) is 0 Å². The van der Waals surface area contributed by atoms with Crippen molar-refractivity contribution in [2.45, 2.75) is 40.3 Å². The van der Waals surface area contributed by atoms with E-state index < -0.39 is 0 Å². The molecule has 1 rings (SSSR count). The number of hydrogen-bond acceptors (Lipinski definition) is 2. The van der Waals surface area contributed by atoms with Crippen LogP contribution in [0.5, 0.6) is 0 Å². The second kappa shape index (κ2) is 6.01. The first-order chi connectivity index (χ1) is 7.91. The summed E-state index contributed by atoms with van der Waals surface area (Å²) in [5, 5.41) is 0. The average molecular weight is 238 g/mol. The number of rotatable bonds is 5. The molecule has 0 aromatic heterocycles. The predicted molar refractivity (Wildman–Crippen MR) is 71.2 cm³/mol. The Hall–Kier alpha value is -1.09. The van der Waals surface area contributed by atoms with Crippen molar-refractivity contribution in [1.82, 2.24) is 4.90 Å². The number of halogens is 1. The van der Waals surface area contributed by atoms with Gasteiger partial charge in [0, 0.05) is 19.1 Å². The monoisotopic (exact) mass is 238 g/mol. The largest absolute Gasteiger partial charge is 0.396 e. The fourth-order valence-corrected chi connectivity index (χ4v) is 1.87. The van der Waals surface area contributed by atoms with Gasteiger partial charge in [-0.15, -0.1) is 0 Å². The van der Waals surface area contributed by atoms with Crippen LogP contribution in [0, 0.1) is 11.7 Å². The minimum atomic E-state index is -0.323. The lowest BCUT2D eigenvalue weighted by Crippen LogP contribution is -2.33. The molecule has 0 amide bonds. The van der Waals surface area contributed by atoms with Crippen molar-refractivity contribution in [2.75, 3.05) is 12.3 Å². The van der Waals surface area contributed by atoms with Crippen molar-refractivity contribution >= 4 is 5.69 Å². The topological polar surface area (TPSA) is 29.3 Å². The fraction of sp³-hybridized carbons (Fsp3) is 0.571. The van der Waals surface area contributed by atoms with Crippen molar-refractivity contribution in [3.05, 3.63) is 29.6 Å². The molecule has 2 nitrogen and oxygen atoms in total. The molecule has 0 atom stereocenters. The van der Waals surface area contributed by atoms with Crippen LogP contribution in [0.25, 0.3) is 0 Å². The van der Waals surface area contributed by atoms with Crippen LogP contribution in [-0.4, -0.2) is 17.5 Å². The van der Waals surface area contributed by atoms with Gasteiger partial charge in [-0.3, -0.25) is 4.90 Å². The molecule has 3 heteroatoms. The molecule has 2 N–H and O–H groups in total. The third kappa shape index (κ3) is 4.00. The first-order valence-electron chi connectivity index (χ1n) is 6.18. The molecule has 1 aromatic rings. The number of nitrogens with zero attached hydrogens (tertiary/aromatic N) is 1. The number of benzene rings is 1. The number of nitrogens with two attached hydrogens (primary N) is 1. The van der Waals surface area contributed by atoms with Crippen molar-refractivity contribution in [2.24, 2.45) is 5.92 Å². The molecule has 0 bridgehead atoms. The van der Waals surface area contributed by atoms with Gasteiger partial charge in [0.05, 0.1) is 5.69 Å². The van der Waals surface area contributed by atoms with Gasteiger partial charge in [-0.1, -0.05) is 26.0 Å². The van der Waals surface area contributed by atoms with Gasteiger partial charge in [0.2, 0.25) is 0 Å². The van der Waals surface area contributed by atoms with Crippen LogP contribution in [0.4, 0.5) is 10.1 Å². The molecular weight excluding hydrogens is 215 g/mol. The lowest BCUT2D eigenvalue weighted by Gasteiger charge is -2.28. The molecular formula is C14H23FN2. The molecule has 0 heterocycles. The Balaban J connectivity index is 2.82. The maximum atomic E-state index is 13.3. The number of anilines is 1. The van der Waals surface area contributed by atoms with Crippen LogP contribution >= 0.6 is 0 Å². The highest BCUT2D eigenvalue weighted by Gasteiger charge is 2.14. The van der Waals surface area contributed by atoms with Gasteiger partial charge in [-0.25, -0.2) is 4.39 Å². The summed E-state index contributed by atoms with van der Waals surface area (Å²) >= 11 is 0. The molecule has 1 aromatic carbocycles. The lowest BCUT2D eigenvalue weighted by molar-refractivity contribution is 0.189. The minimum Gasteiger partial charge on any atom is -0.396 e.